The molecular weight excluding hydrogens is 308 g/mol. The summed E-state index contributed by atoms with van der Waals surface area (Å²) in [6, 6.07) is 5.46. The molecule has 0 unspecified atom stereocenters. The van der Waals surface area contributed by atoms with Crippen LogP contribution in [0.3, 0.4) is 0 Å². The molecule has 2 aliphatic rings. The number of carbonyl (C=O) groups is 1. The Morgan fingerprint density at radius 1 is 1.33 bits per heavy atom. The van der Waals surface area contributed by atoms with Crippen molar-refractivity contribution in [1.29, 1.82) is 0 Å². The Balaban J connectivity index is 1.33. The van der Waals surface area contributed by atoms with Gasteiger partial charge in [0.1, 0.15) is 11.9 Å². The molecule has 2 aromatic heterocycles. The van der Waals surface area contributed by atoms with Gasteiger partial charge in [-0.3, -0.25) is 4.79 Å². The maximum Gasteiger partial charge on any atom is 0.249 e. The van der Waals surface area contributed by atoms with Crippen molar-refractivity contribution in [1.82, 2.24) is 15.3 Å². The lowest BCUT2D eigenvalue weighted by Crippen LogP contribution is -2.43. The molecule has 0 bridgehead atoms. The summed E-state index contributed by atoms with van der Waals surface area (Å²) in [6.45, 7) is 2.02. The van der Waals surface area contributed by atoms with Gasteiger partial charge in [0.25, 0.3) is 0 Å². The molecule has 2 aromatic rings. The summed E-state index contributed by atoms with van der Waals surface area (Å²) in [5, 5.41) is 2.88. The third-order valence-electron chi connectivity index (χ3n) is 4.70. The number of nitrogens with one attached hydrogen (secondary N) is 1. The highest BCUT2D eigenvalue weighted by Gasteiger charge is 2.42. The van der Waals surface area contributed by atoms with Gasteiger partial charge in [0, 0.05) is 25.5 Å². The molecule has 7 heteroatoms. The van der Waals surface area contributed by atoms with Gasteiger partial charge in [-0.05, 0) is 37.0 Å². The largest absolute Gasteiger partial charge is 0.467 e. The zero-order valence-corrected chi connectivity index (χ0v) is 13.3. The molecule has 2 saturated heterocycles. The Bertz CT molecular complexity index is 676. The number of ether oxygens (including phenoxy) is 1. The van der Waals surface area contributed by atoms with Crippen LogP contribution in [0.2, 0.25) is 0 Å². The van der Waals surface area contributed by atoms with Crippen LogP contribution in [0.15, 0.2) is 41.3 Å². The number of amides is 1. The first-order valence-corrected chi connectivity index (χ1v) is 8.27. The second-order valence-corrected chi connectivity index (χ2v) is 6.24. The molecule has 0 spiro atoms. The van der Waals surface area contributed by atoms with Gasteiger partial charge < -0.3 is 19.4 Å². The lowest BCUT2D eigenvalue weighted by atomic mass is 9.92. The Morgan fingerprint density at radius 2 is 2.21 bits per heavy atom. The second kappa shape index (κ2) is 6.60. The minimum atomic E-state index is -0.383. The highest BCUT2D eigenvalue weighted by molar-refractivity contribution is 5.81. The van der Waals surface area contributed by atoms with Crippen LogP contribution in [0.25, 0.3) is 0 Å². The number of anilines is 1. The minimum Gasteiger partial charge on any atom is -0.467 e. The zero-order valence-electron chi connectivity index (χ0n) is 13.3. The number of nitrogens with zero attached hydrogens (tertiary/aromatic N) is 3. The summed E-state index contributed by atoms with van der Waals surface area (Å²) in [7, 11) is 0. The SMILES string of the molecule is O=C(NCc1ccco1)[C@H]1C[C@@H]2CCN(c3ncccn3)C[C@H]2O1. The monoisotopic (exact) mass is 328 g/mol. The van der Waals surface area contributed by atoms with E-state index in [1.807, 2.05) is 18.2 Å². The Kier molecular flexibility index (Phi) is 4.17. The highest BCUT2D eigenvalue weighted by Crippen LogP contribution is 2.34. The van der Waals surface area contributed by atoms with Crippen molar-refractivity contribution in [2.24, 2.45) is 5.92 Å². The third-order valence-corrected chi connectivity index (χ3v) is 4.70. The van der Waals surface area contributed by atoms with E-state index >= 15 is 0 Å². The van der Waals surface area contributed by atoms with Crippen molar-refractivity contribution >= 4 is 11.9 Å². The van der Waals surface area contributed by atoms with Gasteiger partial charge in [0.05, 0.1) is 18.9 Å². The fourth-order valence-corrected chi connectivity index (χ4v) is 3.44. The normalized spacial score (nSPS) is 26.2. The van der Waals surface area contributed by atoms with Crippen molar-refractivity contribution in [3.8, 4) is 0 Å². The number of hydrogen-bond donors (Lipinski definition) is 1. The maximum atomic E-state index is 12.3. The van der Waals surface area contributed by atoms with E-state index in [9.17, 15) is 4.79 Å². The van der Waals surface area contributed by atoms with E-state index in [-0.39, 0.29) is 18.1 Å². The smallest absolute Gasteiger partial charge is 0.249 e. The van der Waals surface area contributed by atoms with Gasteiger partial charge in [0.2, 0.25) is 11.9 Å². The highest BCUT2D eigenvalue weighted by atomic mass is 16.5. The molecule has 2 aliphatic heterocycles. The second-order valence-electron chi connectivity index (χ2n) is 6.24. The summed E-state index contributed by atoms with van der Waals surface area (Å²) >= 11 is 0. The molecule has 0 radical (unpaired) electrons. The summed E-state index contributed by atoms with van der Waals surface area (Å²) in [5.41, 5.74) is 0. The van der Waals surface area contributed by atoms with Crippen LogP contribution in [0.1, 0.15) is 18.6 Å². The number of carbonyl (C=O) groups excluding carboxylic acids is 1. The van der Waals surface area contributed by atoms with E-state index < -0.39 is 0 Å². The average Bonchev–Trinajstić information content (AvgIpc) is 3.29. The molecule has 3 atom stereocenters. The van der Waals surface area contributed by atoms with E-state index in [0.717, 1.165) is 37.6 Å². The molecule has 24 heavy (non-hydrogen) atoms. The number of hydrogen-bond acceptors (Lipinski definition) is 6. The van der Waals surface area contributed by atoms with Gasteiger partial charge in [0.15, 0.2) is 0 Å². The zero-order chi connectivity index (χ0) is 16.4. The third kappa shape index (κ3) is 3.12. The quantitative estimate of drug-likeness (QED) is 0.913. The molecule has 4 rings (SSSR count). The first-order valence-electron chi connectivity index (χ1n) is 8.27. The van der Waals surface area contributed by atoms with E-state index in [1.54, 1.807) is 18.7 Å². The van der Waals surface area contributed by atoms with Gasteiger partial charge in [-0.25, -0.2) is 9.97 Å². The fourth-order valence-electron chi connectivity index (χ4n) is 3.44. The lowest BCUT2D eigenvalue weighted by Gasteiger charge is -2.33. The van der Waals surface area contributed by atoms with E-state index in [1.165, 1.54) is 0 Å². The van der Waals surface area contributed by atoms with Gasteiger partial charge in [-0.1, -0.05) is 0 Å². The van der Waals surface area contributed by atoms with Crippen molar-refractivity contribution in [3.05, 3.63) is 42.6 Å². The summed E-state index contributed by atoms with van der Waals surface area (Å²) in [5.74, 6) is 1.82. The molecule has 2 fully saturated rings. The maximum absolute atomic E-state index is 12.3. The van der Waals surface area contributed by atoms with Crippen molar-refractivity contribution in [2.75, 3.05) is 18.0 Å². The number of piperidine rings is 1. The predicted octanol–water partition coefficient (Wildman–Crippen LogP) is 1.37. The van der Waals surface area contributed by atoms with Crippen molar-refractivity contribution < 1.29 is 13.9 Å². The number of fused-ring (bicyclic) bond motifs is 1. The van der Waals surface area contributed by atoms with Crippen LogP contribution >= 0.6 is 0 Å². The molecule has 1 N–H and O–H groups in total. The molecule has 1 amide bonds. The first kappa shape index (κ1) is 15.1. The molecule has 126 valence electrons. The molecule has 0 aliphatic carbocycles. The van der Waals surface area contributed by atoms with Gasteiger partial charge in [-0.2, -0.15) is 0 Å². The van der Waals surface area contributed by atoms with Crippen LogP contribution in [0, 0.1) is 5.92 Å². The van der Waals surface area contributed by atoms with E-state index in [2.05, 4.69) is 20.2 Å². The van der Waals surface area contributed by atoms with Gasteiger partial charge in [-0.15, -0.1) is 0 Å². The Hall–Kier alpha value is -2.41. The molecule has 4 heterocycles. The number of furan rings is 1. The first-order chi connectivity index (χ1) is 11.8. The predicted molar refractivity (Wildman–Crippen MR) is 86.2 cm³/mol. The standard InChI is InChI=1S/C17H20N4O3/c22-16(20-10-13-3-1-8-23-13)14-9-12-4-7-21(11-15(12)24-14)17-18-5-2-6-19-17/h1-3,5-6,8,12,14-15H,4,7,9-11H2,(H,20,22)/t12-,14+,15+/m0/s1. The minimum absolute atomic E-state index is 0.0573. The van der Waals surface area contributed by atoms with Crippen LogP contribution in [0.4, 0.5) is 5.95 Å². The van der Waals surface area contributed by atoms with Crippen LogP contribution < -0.4 is 10.2 Å². The number of rotatable bonds is 4. The fraction of sp³-hybridized carbons (Fsp3) is 0.471. The summed E-state index contributed by atoms with van der Waals surface area (Å²) in [4.78, 5) is 23.0. The van der Waals surface area contributed by atoms with Gasteiger partial charge >= 0.3 is 0 Å². The average molecular weight is 328 g/mol. The lowest BCUT2D eigenvalue weighted by molar-refractivity contribution is -0.132. The Labute approximate surface area is 140 Å². The molecule has 0 aromatic carbocycles. The molecule has 0 saturated carbocycles. The van der Waals surface area contributed by atoms with Crippen LogP contribution in [-0.4, -0.2) is 41.2 Å². The van der Waals surface area contributed by atoms with Crippen molar-refractivity contribution in [3.63, 3.8) is 0 Å². The van der Waals surface area contributed by atoms with E-state index in [4.69, 9.17) is 9.15 Å². The topological polar surface area (TPSA) is 80.5 Å². The number of aromatic nitrogens is 2. The van der Waals surface area contributed by atoms with E-state index in [0.29, 0.717) is 12.5 Å². The summed E-state index contributed by atoms with van der Waals surface area (Å²) in [6.07, 6.45) is 6.53. The summed E-state index contributed by atoms with van der Waals surface area (Å²) < 4.78 is 11.2. The Morgan fingerprint density at radius 3 is 3.00 bits per heavy atom. The molecular formula is C17H20N4O3. The molecule has 7 nitrogen and oxygen atoms in total. The van der Waals surface area contributed by atoms with Crippen LogP contribution in [-0.2, 0) is 16.1 Å². The van der Waals surface area contributed by atoms with Crippen molar-refractivity contribution in [2.45, 2.75) is 31.6 Å². The van der Waals surface area contributed by atoms with Crippen LogP contribution in [0.5, 0.6) is 0 Å².